The number of aliphatic hydroxyl groups excluding tert-OH is 1. The molecule has 0 spiro atoms. The van der Waals surface area contributed by atoms with Gasteiger partial charge in [-0.1, -0.05) is 0 Å². The Hall–Kier alpha value is -2.23. The zero-order chi connectivity index (χ0) is 18.8. The maximum atomic E-state index is 12.8. The molecule has 2 heterocycles. The fourth-order valence-electron chi connectivity index (χ4n) is 2.66. The zero-order valence-electron chi connectivity index (χ0n) is 14.3. The van der Waals surface area contributed by atoms with Crippen LogP contribution < -0.4 is 0 Å². The van der Waals surface area contributed by atoms with Crippen LogP contribution in [0.3, 0.4) is 0 Å². The average Bonchev–Trinajstić information content (AvgIpc) is 2.96. The van der Waals surface area contributed by atoms with Gasteiger partial charge in [0, 0.05) is 30.9 Å². The number of aliphatic hydroxyl groups is 1. The number of hydrogen-bond acceptors (Lipinski definition) is 5. The van der Waals surface area contributed by atoms with Crippen molar-refractivity contribution in [3.8, 4) is 0 Å². The number of nitrogens with zero attached hydrogens (tertiary/aromatic N) is 5. The minimum Gasteiger partial charge on any atom is -0.395 e. The predicted octanol–water partition coefficient (Wildman–Crippen LogP) is 1.53. The van der Waals surface area contributed by atoms with E-state index in [4.69, 9.17) is 5.11 Å². The standard InChI is InChI=1S/C15H20F3N5O2/c1-4-22(7-8-24)12(25)6-5-11-9(2)19-14-20-13(15(16,17)18)21-23(14)10(11)3/h24H,4-8H2,1-3H3. The lowest BCUT2D eigenvalue weighted by Crippen LogP contribution is -2.33. The third kappa shape index (κ3) is 4.06. The predicted molar refractivity (Wildman–Crippen MR) is 82.9 cm³/mol. The van der Waals surface area contributed by atoms with Gasteiger partial charge in [0.25, 0.3) is 11.6 Å². The van der Waals surface area contributed by atoms with Crippen molar-refractivity contribution in [1.82, 2.24) is 24.5 Å². The maximum absolute atomic E-state index is 12.8. The van der Waals surface area contributed by atoms with Crippen LogP contribution in [0.25, 0.3) is 5.78 Å². The maximum Gasteiger partial charge on any atom is 0.453 e. The summed E-state index contributed by atoms with van der Waals surface area (Å²) in [6.07, 6.45) is -4.15. The van der Waals surface area contributed by atoms with E-state index in [2.05, 4.69) is 15.1 Å². The van der Waals surface area contributed by atoms with Crippen molar-refractivity contribution in [2.24, 2.45) is 0 Å². The molecular formula is C15H20F3N5O2. The Morgan fingerprint density at radius 3 is 2.52 bits per heavy atom. The molecule has 25 heavy (non-hydrogen) atoms. The summed E-state index contributed by atoms with van der Waals surface area (Å²) < 4.78 is 39.4. The number of hydrogen-bond donors (Lipinski definition) is 1. The fraction of sp³-hybridized carbons (Fsp3) is 0.600. The van der Waals surface area contributed by atoms with Crippen LogP contribution in [0.15, 0.2) is 0 Å². The first kappa shape index (κ1) is 19.1. The molecule has 0 aromatic carbocycles. The number of fused-ring (bicyclic) bond motifs is 1. The molecule has 0 radical (unpaired) electrons. The topological polar surface area (TPSA) is 83.6 Å². The summed E-state index contributed by atoms with van der Waals surface area (Å²) in [5.41, 5.74) is 1.66. The molecule has 0 aliphatic rings. The zero-order valence-corrected chi connectivity index (χ0v) is 14.3. The lowest BCUT2D eigenvalue weighted by atomic mass is 10.1. The van der Waals surface area contributed by atoms with Gasteiger partial charge in [0.2, 0.25) is 5.91 Å². The van der Waals surface area contributed by atoms with Crippen molar-refractivity contribution in [3.05, 3.63) is 22.8 Å². The van der Waals surface area contributed by atoms with Crippen molar-refractivity contribution in [2.75, 3.05) is 19.7 Å². The SMILES string of the molecule is CCN(CCO)C(=O)CCc1c(C)nc2nc(C(F)(F)F)nn2c1C. The molecule has 0 aliphatic carbocycles. The van der Waals surface area contributed by atoms with Crippen LogP contribution in [0.1, 0.15) is 36.1 Å². The molecule has 7 nitrogen and oxygen atoms in total. The van der Waals surface area contributed by atoms with Gasteiger partial charge in [-0.15, -0.1) is 5.10 Å². The van der Waals surface area contributed by atoms with E-state index in [1.807, 2.05) is 6.92 Å². The van der Waals surface area contributed by atoms with E-state index >= 15 is 0 Å². The fourth-order valence-corrected chi connectivity index (χ4v) is 2.66. The summed E-state index contributed by atoms with van der Waals surface area (Å²) in [6, 6.07) is 0. The number of aryl methyl sites for hydroxylation is 2. The molecule has 0 atom stereocenters. The Kier molecular flexibility index (Phi) is 5.61. The number of carbonyl (C=O) groups excluding carboxylic acids is 1. The van der Waals surface area contributed by atoms with Crippen molar-refractivity contribution < 1.29 is 23.1 Å². The number of alkyl halides is 3. The largest absolute Gasteiger partial charge is 0.453 e. The molecule has 0 fully saturated rings. The summed E-state index contributed by atoms with van der Waals surface area (Å²) in [6.45, 7) is 5.72. The second-order valence-corrected chi connectivity index (χ2v) is 5.60. The van der Waals surface area contributed by atoms with Crippen LogP contribution in [0.5, 0.6) is 0 Å². The van der Waals surface area contributed by atoms with Gasteiger partial charge in [-0.3, -0.25) is 4.79 Å². The lowest BCUT2D eigenvalue weighted by molar-refractivity contribution is -0.144. The number of halogens is 3. The normalized spacial score (nSPS) is 12.0. The highest BCUT2D eigenvalue weighted by Gasteiger charge is 2.36. The van der Waals surface area contributed by atoms with E-state index in [0.29, 0.717) is 29.9 Å². The second-order valence-electron chi connectivity index (χ2n) is 5.60. The molecule has 1 amide bonds. The Morgan fingerprint density at radius 2 is 1.96 bits per heavy atom. The summed E-state index contributed by atoms with van der Waals surface area (Å²) in [5.74, 6) is -1.49. The number of aromatic nitrogens is 4. The Labute approximate surface area is 142 Å². The van der Waals surface area contributed by atoms with Gasteiger partial charge in [0.05, 0.1) is 6.61 Å². The smallest absolute Gasteiger partial charge is 0.395 e. The molecule has 10 heteroatoms. The Bertz CT molecular complexity index is 773. The van der Waals surface area contributed by atoms with Crippen LogP contribution in [-0.4, -0.2) is 55.2 Å². The van der Waals surface area contributed by atoms with Gasteiger partial charge in [-0.25, -0.2) is 9.50 Å². The molecule has 0 saturated carbocycles. The first-order chi connectivity index (χ1) is 11.7. The van der Waals surface area contributed by atoms with Crippen molar-refractivity contribution in [1.29, 1.82) is 0 Å². The van der Waals surface area contributed by atoms with E-state index in [1.165, 1.54) is 4.90 Å². The van der Waals surface area contributed by atoms with Crippen molar-refractivity contribution in [3.63, 3.8) is 0 Å². The minimum absolute atomic E-state index is 0.118. The molecule has 2 aromatic rings. The Morgan fingerprint density at radius 1 is 1.28 bits per heavy atom. The molecule has 1 N–H and O–H groups in total. The summed E-state index contributed by atoms with van der Waals surface area (Å²) >= 11 is 0. The van der Waals surface area contributed by atoms with E-state index in [-0.39, 0.29) is 31.3 Å². The first-order valence-electron chi connectivity index (χ1n) is 7.87. The van der Waals surface area contributed by atoms with Crippen LogP contribution in [0, 0.1) is 13.8 Å². The quantitative estimate of drug-likeness (QED) is 0.846. The first-order valence-corrected chi connectivity index (χ1v) is 7.87. The monoisotopic (exact) mass is 359 g/mol. The van der Waals surface area contributed by atoms with Crippen LogP contribution in [0.2, 0.25) is 0 Å². The van der Waals surface area contributed by atoms with Crippen LogP contribution in [0.4, 0.5) is 13.2 Å². The van der Waals surface area contributed by atoms with E-state index in [1.54, 1.807) is 13.8 Å². The third-order valence-electron chi connectivity index (χ3n) is 4.00. The minimum atomic E-state index is -4.64. The number of amides is 1. The summed E-state index contributed by atoms with van der Waals surface area (Å²) in [7, 11) is 0. The molecular weight excluding hydrogens is 339 g/mol. The van der Waals surface area contributed by atoms with Gasteiger partial charge in [-0.2, -0.15) is 18.2 Å². The molecule has 138 valence electrons. The van der Waals surface area contributed by atoms with Gasteiger partial charge in [0.15, 0.2) is 0 Å². The molecule has 0 unspecified atom stereocenters. The van der Waals surface area contributed by atoms with Crippen LogP contribution in [-0.2, 0) is 17.4 Å². The average molecular weight is 359 g/mol. The van der Waals surface area contributed by atoms with Gasteiger partial charge >= 0.3 is 6.18 Å². The Balaban J connectivity index is 2.28. The molecule has 0 aliphatic heterocycles. The summed E-state index contributed by atoms with van der Waals surface area (Å²) in [4.78, 5) is 21.2. The van der Waals surface area contributed by atoms with E-state index < -0.39 is 12.0 Å². The van der Waals surface area contributed by atoms with E-state index in [9.17, 15) is 18.0 Å². The number of carbonyl (C=O) groups is 1. The molecule has 0 bridgehead atoms. The highest BCUT2D eigenvalue weighted by atomic mass is 19.4. The third-order valence-corrected chi connectivity index (χ3v) is 4.00. The summed E-state index contributed by atoms with van der Waals surface area (Å²) in [5, 5.41) is 12.4. The van der Waals surface area contributed by atoms with E-state index in [0.717, 1.165) is 4.52 Å². The highest BCUT2D eigenvalue weighted by molar-refractivity contribution is 5.76. The molecule has 2 rings (SSSR count). The van der Waals surface area contributed by atoms with Gasteiger partial charge < -0.3 is 10.0 Å². The highest BCUT2D eigenvalue weighted by Crippen LogP contribution is 2.27. The molecule has 2 aromatic heterocycles. The lowest BCUT2D eigenvalue weighted by Gasteiger charge is -2.20. The molecule has 0 saturated heterocycles. The van der Waals surface area contributed by atoms with Crippen molar-refractivity contribution >= 4 is 11.7 Å². The van der Waals surface area contributed by atoms with Gasteiger partial charge in [0.1, 0.15) is 0 Å². The number of likely N-dealkylation sites (N-methyl/N-ethyl adjacent to an activating group) is 1. The second kappa shape index (κ2) is 7.34. The number of rotatable bonds is 6. The van der Waals surface area contributed by atoms with Gasteiger partial charge in [-0.05, 0) is 32.8 Å². The van der Waals surface area contributed by atoms with Crippen molar-refractivity contribution in [2.45, 2.75) is 39.8 Å². The van der Waals surface area contributed by atoms with Crippen LogP contribution >= 0.6 is 0 Å².